The predicted molar refractivity (Wildman–Crippen MR) is 55.6 cm³/mol. The van der Waals surface area contributed by atoms with Crippen molar-refractivity contribution in [2.24, 2.45) is 0 Å². The topological polar surface area (TPSA) is 12.0 Å². The van der Waals surface area contributed by atoms with Crippen molar-refractivity contribution in [3.05, 3.63) is 0 Å². The van der Waals surface area contributed by atoms with Crippen LogP contribution in [0, 0.1) is 0 Å². The SMILES string of the molecule is C1CSCN1.CCCCCCl. The van der Waals surface area contributed by atoms with E-state index < -0.39 is 0 Å². The summed E-state index contributed by atoms with van der Waals surface area (Å²) in [6.07, 6.45) is 3.73. The quantitative estimate of drug-likeness (QED) is 0.549. The molecular weight excluding hydrogens is 178 g/mol. The molecule has 11 heavy (non-hydrogen) atoms. The molecule has 0 bridgehead atoms. The molecule has 1 N–H and O–H groups in total. The Bertz CT molecular complexity index is 55.5. The molecule has 0 saturated carbocycles. The molecule has 0 aromatic rings. The van der Waals surface area contributed by atoms with Crippen LogP contribution in [0.1, 0.15) is 26.2 Å². The van der Waals surface area contributed by atoms with Gasteiger partial charge in [0.25, 0.3) is 0 Å². The van der Waals surface area contributed by atoms with E-state index in [2.05, 4.69) is 12.2 Å². The van der Waals surface area contributed by atoms with E-state index in [1.54, 1.807) is 0 Å². The molecule has 0 aromatic carbocycles. The van der Waals surface area contributed by atoms with Gasteiger partial charge >= 0.3 is 0 Å². The van der Waals surface area contributed by atoms with Crippen molar-refractivity contribution in [1.82, 2.24) is 5.32 Å². The summed E-state index contributed by atoms with van der Waals surface area (Å²) in [7, 11) is 0. The van der Waals surface area contributed by atoms with E-state index in [0.717, 1.165) is 5.88 Å². The first-order valence-electron chi connectivity index (χ1n) is 4.26. The Kier molecular flexibility index (Phi) is 11.2. The Balaban J connectivity index is 0.000000183. The summed E-state index contributed by atoms with van der Waals surface area (Å²) >= 11 is 7.34. The highest BCUT2D eigenvalue weighted by Gasteiger charge is 1.93. The second-order valence-corrected chi connectivity index (χ2v) is 3.93. The van der Waals surface area contributed by atoms with Crippen LogP contribution in [0.15, 0.2) is 0 Å². The van der Waals surface area contributed by atoms with Gasteiger partial charge in [0.15, 0.2) is 0 Å². The Morgan fingerprint density at radius 1 is 1.45 bits per heavy atom. The van der Waals surface area contributed by atoms with Crippen molar-refractivity contribution in [1.29, 1.82) is 0 Å². The van der Waals surface area contributed by atoms with Gasteiger partial charge in [-0.15, -0.1) is 23.4 Å². The number of thioether (sulfide) groups is 1. The highest BCUT2D eigenvalue weighted by molar-refractivity contribution is 7.99. The van der Waals surface area contributed by atoms with E-state index in [4.69, 9.17) is 11.6 Å². The molecule has 1 saturated heterocycles. The standard InChI is InChI=1S/C5H11Cl.C3H7NS/c1-2-3-4-5-6;1-2-5-3-4-1/h2-5H2,1H3;4H,1-3H2. The maximum atomic E-state index is 5.38. The lowest BCUT2D eigenvalue weighted by Gasteiger charge is -1.84. The van der Waals surface area contributed by atoms with E-state index >= 15 is 0 Å². The van der Waals surface area contributed by atoms with E-state index in [9.17, 15) is 0 Å². The molecule has 1 rings (SSSR count). The Labute approximate surface area is 79.3 Å². The lowest BCUT2D eigenvalue weighted by atomic mass is 10.3. The molecule has 1 aliphatic heterocycles. The third kappa shape index (κ3) is 10.6. The van der Waals surface area contributed by atoms with Gasteiger partial charge in [-0.25, -0.2) is 0 Å². The van der Waals surface area contributed by atoms with Crippen molar-refractivity contribution in [2.75, 3.05) is 24.1 Å². The average molecular weight is 196 g/mol. The first-order valence-corrected chi connectivity index (χ1v) is 5.95. The second kappa shape index (κ2) is 10.6. The summed E-state index contributed by atoms with van der Waals surface area (Å²) in [6, 6.07) is 0. The number of nitrogens with one attached hydrogen (secondary N) is 1. The lowest BCUT2D eigenvalue weighted by Crippen LogP contribution is -2.04. The van der Waals surface area contributed by atoms with Crippen LogP contribution in [0.2, 0.25) is 0 Å². The molecule has 1 fully saturated rings. The molecule has 0 unspecified atom stereocenters. The Hall–Kier alpha value is 0.600. The monoisotopic (exact) mass is 195 g/mol. The van der Waals surface area contributed by atoms with Gasteiger partial charge in [0.1, 0.15) is 0 Å². The zero-order valence-electron chi connectivity index (χ0n) is 7.24. The lowest BCUT2D eigenvalue weighted by molar-refractivity contribution is 0.776. The number of halogens is 1. The molecule has 3 heteroatoms. The Morgan fingerprint density at radius 3 is 2.45 bits per heavy atom. The van der Waals surface area contributed by atoms with Gasteiger partial charge in [-0.2, -0.15) is 0 Å². The number of alkyl halides is 1. The molecule has 1 nitrogen and oxygen atoms in total. The van der Waals surface area contributed by atoms with E-state index in [0.29, 0.717) is 0 Å². The number of unbranched alkanes of at least 4 members (excludes halogenated alkanes) is 2. The van der Waals surface area contributed by atoms with Crippen LogP contribution in [-0.2, 0) is 0 Å². The van der Waals surface area contributed by atoms with Gasteiger partial charge in [0.2, 0.25) is 0 Å². The first kappa shape index (κ1) is 11.6. The number of rotatable bonds is 3. The highest BCUT2D eigenvalue weighted by Crippen LogP contribution is 1.99. The molecule has 0 amide bonds. The largest absolute Gasteiger partial charge is 0.307 e. The molecule has 68 valence electrons. The summed E-state index contributed by atoms with van der Waals surface area (Å²) in [4.78, 5) is 0. The van der Waals surface area contributed by atoms with Crippen LogP contribution in [0.4, 0.5) is 0 Å². The normalized spacial score (nSPS) is 15.8. The number of hydrogen-bond donors (Lipinski definition) is 1. The summed E-state index contributed by atoms with van der Waals surface area (Å²) < 4.78 is 0. The van der Waals surface area contributed by atoms with Crippen molar-refractivity contribution < 1.29 is 0 Å². The van der Waals surface area contributed by atoms with Crippen molar-refractivity contribution in [2.45, 2.75) is 26.2 Å². The van der Waals surface area contributed by atoms with Crippen LogP contribution in [0.5, 0.6) is 0 Å². The summed E-state index contributed by atoms with van der Waals surface area (Å²) in [5.41, 5.74) is 0. The summed E-state index contributed by atoms with van der Waals surface area (Å²) in [6.45, 7) is 3.39. The van der Waals surface area contributed by atoms with Crippen LogP contribution >= 0.6 is 23.4 Å². The van der Waals surface area contributed by atoms with Gasteiger partial charge in [0.05, 0.1) is 0 Å². The zero-order valence-corrected chi connectivity index (χ0v) is 8.81. The van der Waals surface area contributed by atoms with Crippen LogP contribution in [0.25, 0.3) is 0 Å². The predicted octanol–water partition coefficient (Wildman–Crippen LogP) is 2.70. The van der Waals surface area contributed by atoms with E-state index in [1.807, 2.05) is 11.8 Å². The van der Waals surface area contributed by atoms with Gasteiger partial charge in [-0.05, 0) is 6.42 Å². The average Bonchev–Trinajstić information content (AvgIpc) is 2.57. The Morgan fingerprint density at radius 2 is 2.27 bits per heavy atom. The van der Waals surface area contributed by atoms with Gasteiger partial charge in [-0.1, -0.05) is 19.8 Å². The van der Waals surface area contributed by atoms with Crippen LogP contribution in [-0.4, -0.2) is 24.1 Å². The minimum absolute atomic E-state index is 0.827. The maximum absolute atomic E-state index is 5.38. The third-order valence-electron chi connectivity index (χ3n) is 1.36. The summed E-state index contributed by atoms with van der Waals surface area (Å²) in [5, 5.41) is 3.19. The van der Waals surface area contributed by atoms with Gasteiger partial charge < -0.3 is 5.32 Å². The smallest absolute Gasteiger partial charge is 0.0418 e. The fraction of sp³-hybridized carbons (Fsp3) is 1.00. The second-order valence-electron chi connectivity index (χ2n) is 2.45. The van der Waals surface area contributed by atoms with Crippen LogP contribution < -0.4 is 5.32 Å². The highest BCUT2D eigenvalue weighted by atomic mass is 35.5. The number of hydrogen-bond acceptors (Lipinski definition) is 2. The fourth-order valence-electron chi connectivity index (χ4n) is 0.705. The molecule has 1 aliphatic rings. The van der Waals surface area contributed by atoms with Crippen LogP contribution in [0.3, 0.4) is 0 Å². The van der Waals surface area contributed by atoms with Gasteiger partial charge in [-0.3, -0.25) is 0 Å². The third-order valence-corrected chi connectivity index (χ3v) is 2.53. The molecule has 0 aliphatic carbocycles. The molecular formula is C8H18ClNS. The summed E-state index contributed by atoms with van der Waals surface area (Å²) in [5.74, 6) is 3.30. The van der Waals surface area contributed by atoms with Gasteiger partial charge in [0, 0.05) is 24.1 Å². The molecule has 1 heterocycles. The minimum atomic E-state index is 0.827. The minimum Gasteiger partial charge on any atom is -0.307 e. The maximum Gasteiger partial charge on any atom is 0.0418 e. The molecule has 0 atom stereocenters. The van der Waals surface area contributed by atoms with E-state index in [-0.39, 0.29) is 0 Å². The molecule has 0 radical (unpaired) electrons. The fourth-order valence-corrected chi connectivity index (χ4v) is 1.62. The zero-order chi connectivity index (χ0) is 8.36. The van der Waals surface area contributed by atoms with E-state index in [1.165, 1.54) is 37.4 Å². The van der Waals surface area contributed by atoms with Crippen molar-refractivity contribution in [3.8, 4) is 0 Å². The van der Waals surface area contributed by atoms with Crippen molar-refractivity contribution in [3.63, 3.8) is 0 Å². The first-order chi connectivity index (χ1) is 5.41. The molecule has 0 spiro atoms. The molecule has 0 aromatic heterocycles. The van der Waals surface area contributed by atoms with Crippen molar-refractivity contribution >= 4 is 23.4 Å².